The van der Waals surface area contributed by atoms with Gasteiger partial charge in [-0.15, -0.1) is 0 Å². The molecule has 168 valence electrons. The number of sulfonamides is 1. The zero-order valence-corrected chi connectivity index (χ0v) is 19.4. The largest absolute Gasteiger partial charge is 0.349 e. The van der Waals surface area contributed by atoms with Crippen LogP contribution in [0.4, 0.5) is 0 Å². The van der Waals surface area contributed by atoms with Crippen molar-refractivity contribution in [3.05, 3.63) is 71.3 Å². The molecule has 2 aromatic carbocycles. The first kappa shape index (κ1) is 23.5. The van der Waals surface area contributed by atoms with E-state index in [0.717, 1.165) is 36.8 Å². The number of piperidine rings is 1. The van der Waals surface area contributed by atoms with E-state index in [2.05, 4.69) is 24.4 Å². The molecule has 1 aliphatic rings. The fraction of sp³-hybridized carbons (Fsp3) is 0.480. The maximum absolute atomic E-state index is 12.8. The van der Waals surface area contributed by atoms with Crippen molar-refractivity contribution in [3.63, 3.8) is 0 Å². The molecule has 1 amide bonds. The number of benzene rings is 2. The van der Waals surface area contributed by atoms with Crippen LogP contribution in [0.5, 0.6) is 0 Å². The summed E-state index contributed by atoms with van der Waals surface area (Å²) in [6.45, 7) is 4.87. The van der Waals surface area contributed by atoms with Gasteiger partial charge in [0.1, 0.15) is 0 Å². The summed E-state index contributed by atoms with van der Waals surface area (Å²) < 4.78 is 27.2. The molecule has 1 aliphatic heterocycles. The molecule has 2 atom stereocenters. The van der Waals surface area contributed by atoms with Crippen molar-refractivity contribution in [2.24, 2.45) is 5.92 Å². The molecule has 0 unspecified atom stereocenters. The predicted molar refractivity (Wildman–Crippen MR) is 125 cm³/mol. The van der Waals surface area contributed by atoms with E-state index in [1.54, 1.807) is 0 Å². The average Bonchev–Trinajstić information content (AvgIpc) is 2.79. The van der Waals surface area contributed by atoms with Gasteiger partial charge in [-0.05, 0) is 55.7 Å². The van der Waals surface area contributed by atoms with Gasteiger partial charge in [0.2, 0.25) is 15.9 Å². The lowest BCUT2D eigenvalue weighted by atomic mass is 9.97. The fourth-order valence-corrected chi connectivity index (χ4v) is 5.68. The minimum atomic E-state index is -3.35. The minimum Gasteiger partial charge on any atom is -0.349 e. The van der Waals surface area contributed by atoms with E-state index in [4.69, 9.17) is 0 Å². The molecule has 6 heteroatoms. The molecule has 1 fully saturated rings. The number of nitrogens with one attached hydrogen (secondary N) is 1. The number of amides is 1. The third-order valence-electron chi connectivity index (χ3n) is 6.11. The van der Waals surface area contributed by atoms with E-state index in [1.165, 1.54) is 9.87 Å². The Morgan fingerprint density at radius 1 is 1.10 bits per heavy atom. The molecular weight excluding hydrogens is 408 g/mol. The number of hydrogen-bond donors (Lipinski definition) is 1. The van der Waals surface area contributed by atoms with Crippen LogP contribution in [-0.4, -0.2) is 37.5 Å². The number of carbonyl (C=O) groups excluding carboxylic acids is 1. The average molecular weight is 443 g/mol. The lowest BCUT2D eigenvalue weighted by molar-refractivity contribution is -0.126. The lowest BCUT2D eigenvalue weighted by Gasteiger charge is -2.32. The van der Waals surface area contributed by atoms with Gasteiger partial charge < -0.3 is 5.32 Å². The highest BCUT2D eigenvalue weighted by Gasteiger charge is 2.32. The van der Waals surface area contributed by atoms with Gasteiger partial charge in [-0.2, -0.15) is 0 Å². The Labute approximate surface area is 186 Å². The van der Waals surface area contributed by atoms with Crippen molar-refractivity contribution >= 4 is 15.9 Å². The van der Waals surface area contributed by atoms with Crippen molar-refractivity contribution in [3.8, 4) is 0 Å². The minimum absolute atomic E-state index is 0.0590. The summed E-state index contributed by atoms with van der Waals surface area (Å²) in [5.41, 5.74) is 3.48. The summed E-state index contributed by atoms with van der Waals surface area (Å²) in [7, 11) is -3.35. The Kier molecular flexibility index (Phi) is 8.27. The van der Waals surface area contributed by atoms with E-state index in [9.17, 15) is 13.2 Å². The second-order valence-electron chi connectivity index (χ2n) is 8.43. The Hall–Kier alpha value is -2.18. The van der Waals surface area contributed by atoms with Crippen molar-refractivity contribution in [1.82, 2.24) is 9.62 Å². The monoisotopic (exact) mass is 442 g/mol. The smallest absolute Gasteiger partial charge is 0.224 e. The van der Waals surface area contributed by atoms with Crippen LogP contribution >= 0.6 is 0 Å². The van der Waals surface area contributed by atoms with E-state index < -0.39 is 10.0 Å². The molecule has 0 aromatic heterocycles. The molecular formula is C25H34N2O3S. The van der Waals surface area contributed by atoms with Crippen LogP contribution in [0.2, 0.25) is 0 Å². The van der Waals surface area contributed by atoms with Crippen LogP contribution in [0, 0.1) is 5.92 Å². The number of rotatable bonds is 9. The first-order chi connectivity index (χ1) is 14.9. The Morgan fingerprint density at radius 3 is 2.48 bits per heavy atom. The molecule has 5 nitrogen and oxygen atoms in total. The third kappa shape index (κ3) is 6.65. The molecule has 1 heterocycles. The molecule has 0 radical (unpaired) electrons. The maximum Gasteiger partial charge on any atom is 0.224 e. The molecule has 0 saturated carbocycles. The SMILES string of the molecule is CCc1ccc([C@H](C)NC(=O)[C@H]2CCCN(S(=O)(=O)CCCc3ccccc3)C2)cc1. The fourth-order valence-electron chi connectivity index (χ4n) is 4.10. The van der Waals surface area contributed by atoms with E-state index in [1.807, 2.05) is 49.4 Å². The standard InChI is InChI=1S/C25H34N2O3S/c1-3-21-13-15-23(16-14-21)20(2)26-25(28)24-12-7-17-27(19-24)31(29,30)18-8-11-22-9-5-4-6-10-22/h4-6,9-10,13-16,20,24H,3,7-8,11-12,17-19H2,1-2H3,(H,26,28)/t20-,24-/m0/s1. The molecule has 3 rings (SSSR count). The summed E-state index contributed by atoms with van der Waals surface area (Å²) in [6, 6.07) is 18.1. The van der Waals surface area contributed by atoms with Gasteiger partial charge in [-0.1, -0.05) is 61.5 Å². The summed E-state index contributed by atoms with van der Waals surface area (Å²) in [4.78, 5) is 12.8. The van der Waals surface area contributed by atoms with Gasteiger partial charge in [0.05, 0.1) is 17.7 Å². The van der Waals surface area contributed by atoms with E-state index in [0.29, 0.717) is 13.0 Å². The number of aryl methyl sites for hydroxylation is 2. The highest BCUT2D eigenvalue weighted by atomic mass is 32.2. The topological polar surface area (TPSA) is 66.5 Å². The van der Waals surface area contributed by atoms with Gasteiger partial charge in [-0.25, -0.2) is 12.7 Å². The summed E-state index contributed by atoms with van der Waals surface area (Å²) in [5.74, 6) is -0.234. The highest BCUT2D eigenvalue weighted by Crippen LogP contribution is 2.22. The van der Waals surface area contributed by atoms with Crippen molar-refractivity contribution in [2.75, 3.05) is 18.8 Å². The lowest BCUT2D eigenvalue weighted by Crippen LogP contribution is -2.46. The van der Waals surface area contributed by atoms with Crippen molar-refractivity contribution in [2.45, 2.75) is 52.0 Å². The van der Waals surface area contributed by atoms with E-state index in [-0.39, 0.29) is 30.2 Å². The molecule has 0 aliphatic carbocycles. The zero-order chi connectivity index (χ0) is 22.3. The van der Waals surface area contributed by atoms with E-state index >= 15 is 0 Å². The molecule has 0 spiro atoms. The quantitative estimate of drug-likeness (QED) is 0.636. The number of hydrogen-bond acceptors (Lipinski definition) is 3. The third-order valence-corrected chi connectivity index (χ3v) is 8.03. The molecule has 1 saturated heterocycles. The zero-order valence-electron chi connectivity index (χ0n) is 18.6. The Morgan fingerprint density at radius 2 is 1.81 bits per heavy atom. The van der Waals surface area contributed by atoms with Gasteiger partial charge in [0, 0.05) is 13.1 Å². The molecule has 2 aromatic rings. The summed E-state index contributed by atoms with van der Waals surface area (Å²) in [5, 5.41) is 3.08. The van der Waals surface area contributed by atoms with Crippen molar-refractivity contribution < 1.29 is 13.2 Å². The van der Waals surface area contributed by atoms with Gasteiger partial charge in [0.15, 0.2) is 0 Å². The van der Waals surface area contributed by atoms with Gasteiger partial charge in [0.25, 0.3) is 0 Å². The Balaban J connectivity index is 1.52. The second kappa shape index (κ2) is 10.9. The van der Waals surface area contributed by atoms with Crippen molar-refractivity contribution in [1.29, 1.82) is 0 Å². The first-order valence-corrected chi connectivity index (χ1v) is 12.9. The second-order valence-corrected chi connectivity index (χ2v) is 10.5. The molecule has 0 bridgehead atoms. The summed E-state index contributed by atoms with van der Waals surface area (Å²) >= 11 is 0. The summed E-state index contributed by atoms with van der Waals surface area (Å²) in [6.07, 6.45) is 3.76. The number of carbonyl (C=O) groups is 1. The van der Waals surface area contributed by atoms with Gasteiger partial charge >= 0.3 is 0 Å². The number of nitrogens with zero attached hydrogens (tertiary/aromatic N) is 1. The molecule has 31 heavy (non-hydrogen) atoms. The van der Waals surface area contributed by atoms with Crippen LogP contribution in [0.3, 0.4) is 0 Å². The van der Waals surface area contributed by atoms with Crippen LogP contribution in [-0.2, 0) is 27.7 Å². The maximum atomic E-state index is 12.8. The predicted octanol–water partition coefficient (Wildman–Crippen LogP) is 4.10. The van der Waals surface area contributed by atoms with Crippen LogP contribution in [0.15, 0.2) is 54.6 Å². The normalized spacial score (nSPS) is 18.5. The van der Waals surface area contributed by atoms with Crippen LogP contribution < -0.4 is 5.32 Å². The van der Waals surface area contributed by atoms with Crippen LogP contribution in [0.25, 0.3) is 0 Å². The Bertz CT molecular complexity index is 942. The molecule has 1 N–H and O–H groups in total. The first-order valence-electron chi connectivity index (χ1n) is 11.3. The highest BCUT2D eigenvalue weighted by molar-refractivity contribution is 7.89. The van der Waals surface area contributed by atoms with Gasteiger partial charge in [-0.3, -0.25) is 4.79 Å². The van der Waals surface area contributed by atoms with Crippen LogP contribution in [0.1, 0.15) is 55.8 Å².